The first-order valence-electron chi connectivity index (χ1n) is 10.9. The van der Waals surface area contributed by atoms with E-state index in [0.717, 1.165) is 57.1 Å². The fourth-order valence-electron chi connectivity index (χ4n) is 4.89. The van der Waals surface area contributed by atoms with Gasteiger partial charge in [0, 0.05) is 31.1 Å². The molecular formula is C21H33N3O2S. The number of thiazole rings is 1. The molecule has 2 aliphatic heterocycles. The second-order valence-corrected chi connectivity index (χ2v) is 9.32. The first-order valence-corrected chi connectivity index (χ1v) is 11.8. The summed E-state index contributed by atoms with van der Waals surface area (Å²) in [7, 11) is 0. The van der Waals surface area contributed by atoms with Crippen LogP contribution in [0.2, 0.25) is 0 Å². The van der Waals surface area contributed by atoms with Crippen LogP contribution in [-0.2, 0) is 9.53 Å². The molecular weight excluding hydrogens is 358 g/mol. The third kappa shape index (κ3) is 5.09. The topological polar surface area (TPSA) is 54.5 Å². The number of piperidine rings is 1. The smallest absolute Gasteiger partial charge is 0.243 e. The lowest BCUT2D eigenvalue weighted by Crippen LogP contribution is -2.49. The molecule has 1 aliphatic carbocycles. The number of ether oxygens (including phenoxy) is 1. The van der Waals surface area contributed by atoms with Crippen molar-refractivity contribution in [2.75, 3.05) is 31.6 Å². The number of hydrogen-bond acceptors (Lipinski definition) is 5. The molecule has 1 aromatic heterocycles. The van der Waals surface area contributed by atoms with E-state index in [1.54, 1.807) is 11.3 Å². The summed E-state index contributed by atoms with van der Waals surface area (Å²) in [5.74, 6) is 1.41. The lowest BCUT2D eigenvalue weighted by Gasteiger charge is -2.37. The van der Waals surface area contributed by atoms with E-state index in [1.807, 2.05) is 0 Å². The van der Waals surface area contributed by atoms with Crippen molar-refractivity contribution in [1.29, 1.82) is 0 Å². The zero-order valence-corrected chi connectivity index (χ0v) is 17.1. The van der Waals surface area contributed by atoms with Gasteiger partial charge in [-0.1, -0.05) is 25.7 Å². The normalized spacial score (nSPS) is 26.1. The highest BCUT2D eigenvalue weighted by Crippen LogP contribution is 2.34. The summed E-state index contributed by atoms with van der Waals surface area (Å²) >= 11 is 1.59. The number of likely N-dealkylation sites (tertiary alicyclic amines) is 1. The molecule has 1 amide bonds. The zero-order valence-electron chi connectivity index (χ0n) is 16.3. The molecule has 1 atom stereocenters. The molecule has 0 spiro atoms. The zero-order chi connectivity index (χ0) is 18.5. The highest BCUT2D eigenvalue weighted by atomic mass is 32.1. The Hall–Kier alpha value is -0.980. The Balaban J connectivity index is 1.34. The van der Waals surface area contributed by atoms with Gasteiger partial charge >= 0.3 is 0 Å². The predicted octanol–water partition coefficient (Wildman–Crippen LogP) is 4.41. The minimum absolute atomic E-state index is 0.00336. The van der Waals surface area contributed by atoms with Crippen LogP contribution >= 0.6 is 11.3 Å². The first-order chi connectivity index (χ1) is 13.3. The van der Waals surface area contributed by atoms with E-state index in [2.05, 4.69) is 15.6 Å². The number of amides is 1. The first kappa shape index (κ1) is 19.3. The minimum Gasteiger partial charge on any atom is -0.381 e. The maximum absolute atomic E-state index is 13.0. The Labute approximate surface area is 166 Å². The molecule has 3 heterocycles. The summed E-state index contributed by atoms with van der Waals surface area (Å²) in [5.41, 5.74) is 1.19. The number of carbonyl (C=O) groups is 1. The van der Waals surface area contributed by atoms with E-state index in [1.165, 1.54) is 44.2 Å². The quantitative estimate of drug-likeness (QED) is 0.808. The molecule has 5 nitrogen and oxygen atoms in total. The second-order valence-electron chi connectivity index (χ2n) is 8.46. The molecule has 0 bridgehead atoms. The summed E-state index contributed by atoms with van der Waals surface area (Å²) in [5, 5.41) is 6.09. The van der Waals surface area contributed by atoms with Gasteiger partial charge in [0.2, 0.25) is 5.91 Å². The van der Waals surface area contributed by atoms with Gasteiger partial charge in [-0.25, -0.2) is 4.98 Å². The summed E-state index contributed by atoms with van der Waals surface area (Å²) in [6.45, 7) is 3.82. The summed E-state index contributed by atoms with van der Waals surface area (Å²) in [6.07, 6.45) is 12.1. The molecule has 1 saturated carbocycles. The van der Waals surface area contributed by atoms with Crippen LogP contribution in [0, 0.1) is 5.92 Å². The van der Waals surface area contributed by atoms with Gasteiger partial charge in [-0.2, -0.15) is 0 Å². The van der Waals surface area contributed by atoms with E-state index in [9.17, 15) is 4.79 Å². The number of nitrogens with zero attached hydrogens (tertiary/aromatic N) is 2. The molecule has 0 unspecified atom stereocenters. The van der Waals surface area contributed by atoms with Crippen molar-refractivity contribution in [3.05, 3.63) is 11.1 Å². The molecule has 150 valence electrons. The second kappa shape index (κ2) is 9.48. The fourth-order valence-corrected chi connectivity index (χ4v) is 5.68. The van der Waals surface area contributed by atoms with Crippen molar-refractivity contribution in [2.45, 2.75) is 76.2 Å². The van der Waals surface area contributed by atoms with Gasteiger partial charge in [0.15, 0.2) is 5.13 Å². The van der Waals surface area contributed by atoms with Crippen molar-refractivity contribution in [1.82, 2.24) is 9.88 Å². The largest absolute Gasteiger partial charge is 0.381 e. The standard InChI is InChI=1S/C21H33N3O2S/c25-20(23-21-22-18(15-27-21)17-6-2-1-3-7-17)19-8-4-5-11-24(19)14-16-9-12-26-13-10-16/h15-17,19H,1-14H2,(H,22,23,25)/t19-/m0/s1. The third-order valence-electron chi connectivity index (χ3n) is 6.53. The van der Waals surface area contributed by atoms with E-state index >= 15 is 0 Å². The van der Waals surface area contributed by atoms with Crippen molar-refractivity contribution in [3.8, 4) is 0 Å². The molecule has 1 N–H and O–H groups in total. The van der Waals surface area contributed by atoms with Gasteiger partial charge in [-0.05, 0) is 51.0 Å². The maximum Gasteiger partial charge on any atom is 0.243 e. The van der Waals surface area contributed by atoms with Crippen molar-refractivity contribution in [2.24, 2.45) is 5.92 Å². The average Bonchev–Trinajstić information content (AvgIpc) is 3.18. The summed E-state index contributed by atoms with van der Waals surface area (Å²) in [4.78, 5) is 20.2. The number of hydrogen-bond donors (Lipinski definition) is 1. The minimum atomic E-state index is 0.00336. The van der Waals surface area contributed by atoms with Crippen LogP contribution in [0.1, 0.15) is 75.8 Å². The number of rotatable bonds is 5. The monoisotopic (exact) mass is 391 g/mol. The van der Waals surface area contributed by atoms with Crippen LogP contribution in [0.3, 0.4) is 0 Å². The number of carbonyl (C=O) groups excluding carboxylic acids is 1. The van der Waals surface area contributed by atoms with Crippen molar-refractivity contribution in [3.63, 3.8) is 0 Å². The van der Waals surface area contributed by atoms with Gasteiger partial charge in [-0.15, -0.1) is 11.3 Å². The summed E-state index contributed by atoms with van der Waals surface area (Å²) in [6, 6.07) is 0.00336. The summed E-state index contributed by atoms with van der Waals surface area (Å²) < 4.78 is 5.49. The Morgan fingerprint density at radius 2 is 1.89 bits per heavy atom. The fraction of sp³-hybridized carbons (Fsp3) is 0.810. The van der Waals surface area contributed by atoms with E-state index in [0.29, 0.717) is 11.8 Å². The average molecular weight is 392 g/mol. The maximum atomic E-state index is 13.0. The van der Waals surface area contributed by atoms with Crippen LogP contribution in [0.4, 0.5) is 5.13 Å². The van der Waals surface area contributed by atoms with Gasteiger partial charge in [0.25, 0.3) is 0 Å². The van der Waals surface area contributed by atoms with E-state index < -0.39 is 0 Å². The molecule has 1 aromatic rings. The molecule has 3 aliphatic rings. The van der Waals surface area contributed by atoms with Gasteiger partial charge in [-0.3, -0.25) is 9.69 Å². The van der Waals surface area contributed by atoms with Crippen LogP contribution in [0.15, 0.2) is 5.38 Å². The molecule has 27 heavy (non-hydrogen) atoms. The van der Waals surface area contributed by atoms with Crippen LogP contribution in [0.25, 0.3) is 0 Å². The SMILES string of the molecule is O=C(Nc1nc(C2CCCCC2)cs1)[C@@H]1CCCCN1CC1CCOCC1. The highest BCUT2D eigenvalue weighted by molar-refractivity contribution is 7.13. The number of anilines is 1. The van der Waals surface area contributed by atoms with Gasteiger partial charge < -0.3 is 10.1 Å². The highest BCUT2D eigenvalue weighted by Gasteiger charge is 2.31. The van der Waals surface area contributed by atoms with E-state index in [-0.39, 0.29) is 11.9 Å². The van der Waals surface area contributed by atoms with E-state index in [4.69, 9.17) is 9.72 Å². The molecule has 0 radical (unpaired) electrons. The number of nitrogens with one attached hydrogen (secondary N) is 1. The van der Waals surface area contributed by atoms with Gasteiger partial charge in [0.05, 0.1) is 11.7 Å². The van der Waals surface area contributed by atoms with Crippen LogP contribution in [0.5, 0.6) is 0 Å². The Morgan fingerprint density at radius 1 is 1.11 bits per heavy atom. The molecule has 4 rings (SSSR count). The Bertz CT molecular complexity index is 608. The lowest BCUT2D eigenvalue weighted by atomic mass is 9.87. The molecule has 0 aromatic carbocycles. The van der Waals surface area contributed by atoms with Crippen molar-refractivity contribution < 1.29 is 9.53 Å². The molecule has 3 fully saturated rings. The molecule has 6 heteroatoms. The van der Waals surface area contributed by atoms with Crippen molar-refractivity contribution >= 4 is 22.4 Å². The third-order valence-corrected chi connectivity index (χ3v) is 7.30. The van der Waals surface area contributed by atoms with Crippen LogP contribution < -0.4 is 5.32 Å². The molecule has 2 saturated heterocycles. The Kier molecular flexibility index (Phi) is 6.79. The predicted molar refractivity (Wildman–Crippen MR) is 109 cm³/mol. The Morgan fingerprint density at radius 3 is 2.70 bits per heavy atom. The lowest BCUT2D eigenvalue weighted by molar-refractivity contribution is -0.122. The number of aromatic nitrogens is 1. The van der Waals surface area contributed by atoms with Crippen LogP contribution in [-0.4, -0.2) is 48.1 Å². The van der Waals surface area contributed by atoms with Gasteiger partial charge in [0.1, 0.15) is 0 Å².